The summed E-state index contributed by atoms with van der Waals surface area (Å²) in [5.41, 5.74) is 6.86. The highest BCUT2D eigenvalue weighted by Gasteiger charge is 2.06. The molecule has 2 rings (SSSR count). The monoisotopic (exact) mass is 313 g/mol. The normalized spacial score (nSPS) is 11.0. The number of rotatable bonds is 6. The van der Waals surface area contributed by atoms with E-state index >= 15 is 0 Å². The van der Waals surface area contributed by atoms with Crippen molar-refractivity contribution in [2.45, 2.75) is 33.7 Å². The second kappa shape index (κ2) is 7.63. The van der Waals surface area contributed by atoms with Gasteiger partial charge >= 0.3 is 0 Å². The predicted molar refractivity (Wildman–Crippen MR) is 92.0 cm³/mol. The largest absolute Gasteiger partial charge is 0.497 e. The van der Waals surface area contributed by atoms with Crippen molar-refractivity contribution in [1.29, 1.82) is 0 Å². The molecular formula is C18H23N3O2. The van der Waals surface area contributed by atoms with Crippen molar-refractivity contribution in [3.05, 3.63) is 52.8 Å². The summed E-state index contributed by atoms with van der Waals surface area (Å²) in [6.45, 7) is 7.15. The van der Waals surface area contributed by atoms with E-state index in [4.69, 9.17) is 4.74 Å². The molecule has 0 unspecified atom stereocenters. The van der Waals surface area contributed by atoms with Crippen molar-refractivity contribution in [3.8, 4) is 5.75 Å². The smallest absolute Gasteiger partial charge is 0.244 e. The summed E-state index contributed by atoms with van der Waals surface area (Å²) in [7, 11) is 1.62. The number of nitrogens with zero attached hydrogens (tertiary/aromatic N) is 2. The molecule has 0 saturated carbocycles. The van der Waals surface area contributed by atoms with Crippen LogP contribution in [0.15, 0.2) is 35.4 Å². The Morgan fingerprint density at radius 3 is 2.57 bits per heavy atom. The van der Waals surface area contributed by atoms with Crippen LogP contribution in [0.25, 0.3) is 0 Å². The van der Waals surface area contributed by atoms with Crippen LogP contribution in [-0.4, -0.2) is 23.8 Å². The Kier molecular flexibility index (Phi) is 5.57. The van der Waals surface area contributed by atoms with E-state index in [-0.39, 0.29) is 12.3 Å². The van der Waals surface area contributed by atoms with Crippen LogP contribution in [0, 0.1) is 13.8 Å². The number of ether oxygens (including phenoxy) is 1. The lowest BCUT2D eigenvalue weighted by atomic mass is 10.1. The Bertz CT molecular complexity index is 700. The van der Waals surface area contributed by atoms with Crippen LogP contribution in [0.3, 0.4) is 0 Å². The van der Waals surface area contributed by atoms with Crippen LogP contribution in [0.2, 0.25) is 0 Å². The third-order valence-corrected chi connectivity index (χ3v) is 3.85. The van der Waals surface area contributed by atoms with Gasteiger partial charge in [0.25, 0.3) is 0 Å². The number of hydrazone groups is 1. The number of hydrogen-bond acceptors (Lipinski definition) is 3. The zero-order valence-corrected chi connectivity index (χ0v) is 14.1. The fourth-order valence-electron chi connectivity index (χ4n) is 2.59. The maximum atomic E-state index is 11.9. The van der Waals surface area contributed by atoms with Crippen molar-refractivity contribution >= 4 is 12.1 Å². The van der Waals surface area contributed by atoms with Gasteiger partial charge in [-0.1, -0.05) is 12.1 Å². The Morgan fingerprint density at radius 1 is 1.30 bits per heavy atom. The van der Waals surface area contributed by atoms with Gasteiger partial charge in [-0.05, 0) is 44.5 Å². The van der Waals surface area contributed by atoms with Gasteiger partial charge in [0.05, 0.1) is 19.7 Å². The molecule has 122 valence electrons. The van der Waals surface area contributed by atoms with Crippen LogP contribution in [0.1, 0.15) is 29.4 Å². The number of hydrogen-bond donors (Lipinski definition) is 1. The highest BCUT2D eigenvalue weighted by atomic mass is 16.5. The molecule has 0 atom stereocenters. The topological polar surface area (TPSA) is 55.6 Å². The van der Waals surface area contributed by atoms with E-state index in [9.17, 15) is 4.79 Å². The Balaban J connectivity index is 1.93. The lowest BCUT2D eigenvalue weighted by Gasteiger charge is -2.04. The van der Waals surface area contributed by atoms with E-state index in [1.54, 1.807) is 13.3 Å². The minimum atomic E-state index is -0.143. The van der Waals surface area contributed by atoms with Gasteiger partial charge in [-0.25, -0.2) is 5.43 Å². The summed E-state index contributed by atoms with van der Waals surface area (Å²) in [5, 5.41) is 4.06. The molecule has 0 bridgehead atoms. The number of aryl methyl sites for hydroxylation is 1. The Hall–Kier alpha value is -2.56. The molecule has 5 nitrogen and oxygen atoms in total. The second-order valence-corrected chi connectivity index (χ2v) is 5.39. The van der Waals surface area contributed by atoms with Crippen molar-refractivity contribution in [3.63, 3.8) is 0 Å². The molecule has 2 aromatic rings. The molecule has 0 aliphatic carbocycles. The van der Waals surface area contributed by atoms with Gasteiger partial charge in [0.1, 0.15) is 5.75 Å². The highest BCUT2D eigenvalue weighted by Crippen LogP contribution is 2.13. The van der Waals surface area contributed by atoms with Crippen molar-refractivity contribution in [1.82, 2.24) is 9.99 Å². The predicted octanol–water partition coefficient (Wildman–Crippen LogP) is 2.83. The third-order valence-electron chi connectivity index (χ3n) is 3.85. The minimum Gasteiger partial charge on any atom is -0.497 e. The van der Waals surface area contributed by atoms with Crippen molar-refractivity contribution in [2.75, 3.05) is 7.11 Å². The zero-order chi connectivity index (χ0) is 16.8. The van der Waals surface area contributed by atoms with Gasteiger partial charge in [-0.3, -0.25) is 4.79 Å². The van der Waals surface area contributed by atoms with Gasteiger partial charge in [-0.2, -0.15) is 5.10 Å². The van der Waals surface area contributed by atoms with Gasteiger partial charge in [0.2, 0.25) is 5.91 Å². The van der Waals surface area contributed by atoms with E-state index in [1.165, 1.54) is 5.69 Å². The summed E-state index contributed by atoms with van der Waals surface area (Å²) in [5.74, 6) is 0.633. The number of carbonyl (C=O) groups excluding carboxylic acids is 1. The van der Waals surface area contributed by atoms with E-state index in [0.717, 1.165) is 29.1 Å². The first-order valence-electron chi connectivity index (χ1n) is 7.66. The van der Waals surface area contributed by atoms with Gasteiger partial charge in [0, 0.05) is 23.5 Å². The van der Waals surface area contributed by atoms with Crippen LogP contribution < -0.4 is 10.2 Å². The van der Waals surface area contributed by atoms with Crippen LogP contribution >= 0.6 is 0 Å². The molecule has 1 heterocycles. The lowest BCUT2D eigenvalue weighted by molar-refractivity contribution is -0.120. The van der Waals surface area contributed by atoms with Crippen LogP contribution in [0.4, 0.5) is 0 Å². The first kappa shape index (κ1) is 16.8. The van der Waals surface area contributed by atoms with E-state index < -0.39 is 0 Å². The minimum absolute atomic E-state index is 0.143. The molecule has 0 fully saturated rings. The Labute approximate surface area is 137 Å². The van der Waals surface area contributed by atoms with E-state index in [0.29, 0.717) is 0 Å². The second-order valence-electron chi connectivity index (χ2n) is 5.39. The SMILES string of the molecule is CCn1c(C)cc(/C=N/NC(=O)Cc2ccc(OC)cc2)c1C. The molecule has 1 aromatic heterocycles. The summed E-state index contributed by atoms with van der Waals surface area (Å²) in [6.07, 6.45) is 1.98. The maximum Gasteiger partial charge on any atom is 0.244 e. The average molecular weight is 313 g/mol. The summed E-state index contributed by atoms with van der Waals surface area (Å²) in [6, 6.07) is 9.49. The Morgan fingerprint density at radius 2 is 2.00 bits per heavy atom. The highest BCUT2D eigenvalue weighted by molar-refractivity contribution is 5.84. The number of nitrogens with one attached hydrogen (secondary N) is 1. The van der Waals surface area contributed by atoms with Crippen LogP contribution in [0.5, 0.6) is 5.75 Å². The van der Waals surface area contributed by atoms with Crippen molar-refractivity contribution < 1.29 is 9.53 Å². The summed E-state index contributed by atoms with van der Waals surface area (Å²) < 4.78 is 7.30. The van der Waals surface area contributed by atoms with Gasteiger partial charge in [0.15, 0.2) is 0 Å². The van der Waals surface area contributed by atoms with E-state index in [2.05, 4.69) is 41.9 Å². The molecular weight excluding hydrogens is 290 g/mol. The molecule has 0 spiro atoms. The van der Waals surface area contributed by atoms with Crippen LogP contribution in [-0.2, 0) is 17.8 Å². The summed E-state index contributed by atoms with van der Waals surface area (Å²) >= 11 is 0. The molecule has 23 heavy (non-hydrogen) atoms. The number of benzene rings is 1. The summed E-state index contributed by atoms with van der Waals surface area (Å²) in [4.78, 5) is 11.9. The number of methoxy groups -OCH3 is 1. The van der Waals surface area contributed by atoms with E-state index in [1.807, 2.05) is 24.3 Å². The molecule has 0 aliphatic rings. The molecule has 1 aromatic carbocycles. The first-order chi connectivity index (χ1) is 11.0. The maximum absolute atomic E-state index is 11.9. The fourth-order valence-corrected chi connectivity index (χ4v) is 2.59. The number of carbonyl (C=O) groups is 1. The molecule has 1 amide bonds. The first-order valence-corrected chi connectivity index (χ1v) is 7.66. The number of amides is 1. The van der Waals surface area contributed by atoms with Gasteiger partial charge < -0.3 is 9.30 Å². The third kappa shape index (κ3) is 4.22. The average Bonchev–Trinajstić information content (AvgIpc) is 2.81. The molecule has 1 N–H and O–H groups in total. The molecule has 0 aliphatic heterocycles. The van der Waals surface area contributed by atoms with Gasteiger partial charge in [-0.15, -0.1) is 0 Å². The zero-order valence-electron chi connectivity index (χ0n) is 14.1. The standard InChI is InChI=1S/C18H23N3O2/c1-5-21-13(2)10-16(14(21)3)12-19-20-18(22)11-15-6-8-17(23-4)9-7-15/h6-10,12H,5,11H2,1-4H3,(H,20,22)/b19-12+. The molecule has 5 heteroatoms. The molecule has 0 radical (unpaired) electrons. The lowest BCUT2D eigenvalue weighted by Crippen LogP contribution is -2.19. The number of aromatic nitrogens is 1. The quantitative estimate of drug-likeness (QED) is 0.658. The van der Waals surface area contributed by atoms with Crippen molar-refractivity contribution in [2.24, 2.45) is 5.10 Å². The fraction of sp³-hybridized carbons (Fsp3) is 0.333. The molecule has 0 saturated heterocycles.